The van der Waals surface area contributed by atoms with E-state index in [2.05, 4.69) is 9.97 Å². The second-order valence-electron chi connectivity index (χ2n) is 4.66. The average molecular weight is 301 g/mol. The lowest BCUT2D eigenvalue weighted by Gasteiger charge is -2.02. The van der Waals surface area contributed by atoms with E-state index in [1.165, 1.54) is 0 Å². The van der Waals surface area contributed by atoms with Crippen molar-refractivity contribution in [1.29, 1.82) is 0 Å². The van der Waals surface area contributed by atoms with Crippen LogP contribution in [-0.2, 0) is 16.6 Å². The van der Waals surface area contributed by atoms with E-state index in [1.54, 1.807) is 19.2 Å². The van der Waals surface area contributed by atoms with Gasteiger partial charge in [0.25, 0.3) is 0 Å². The topological polar surface area (TPSA) is 81.0 Å². The number of fused-ring (bicyclic) bond motifs is 1. The van der Waals surface area contributed by atoms with Crippen LogP contribution in [-0.4, -0.2) is 21.3 Å². The third-order valence-corrected chi connectivity index (χ3v) is 4.38. The molecule has 3 N–H and O–H groups in total. The van der Waals surface area contributed by atoms with E-state index >= 15 is 0 Å². The molecule has 6 heteroatoms. The molecule has 1 heterocycles. The van der Waals surface area contributed by atoms with Crippen molar-refractivity contribution in [1.82, 2.24) is 9.97 Å². The van der Waals surface area contributed by atoms with E-state index in [0.29, 0.717) is 16.6 Å². The van der Waals surface area contributed by atoms with Gasteiger partial charge in [-0.15, -0.1) is 0 Å². The van der Waals surface area contributed by atoms with Crippen molar-refractivity contribution in [3.63, 3.8) is 0 Å². The van der Waals surface area contributed by atoms with Crippen molar-refractivity contribution >= 4 is 27.5 Å². The van der Waals surface area contributed by atoms with E-state index in [0.717, 1.165) is 22.3 Å². The highest BCUT2D eigenvalue weighted by Crippen LogP contribution is 2.19. The summed E-state index contributed by atoms with van der Waals surface area (Å²) in [5, 5.41) is 0.464. The number of benzene rings is 2. The number of hydrogen-bond acceptors (Lipinski definition) is 4. The Balaban J connectivity index is 1.82. The molecule has 5 nitrogen and oxygen atoms in total. The highest BCUT2D eigenvalue weighted by atomic mass is 32.2. The van der Waals surface area contributed by atoms with Crippen LogP contribution in [0.5, 0.6) is 5.75 Å². The first-order valence-electron chi connectivity index (χ1n) is 6.42. The molecule has 0 amide bonds. The van der Waals surface area contributed by atoms with Crippen LogP contribution in [0.1, 0.15) is 5.56 Å². The SMILES string of the molecule is COc1ccc(CS(=O)c2nc3ccc(N)cc3[nH]2)cc1. The summed E-state index contributed by atoms with van der Waals surface area (Å²) in [6.45, 7) is 0. The molecule has 0 aliphatic heterocycles. The Morgan fingerprint density at radius 3 is 2.71 bits per heavy atom. The number of anilines is 1. The number of methoxy groups -OCH3 is 1. The fourth-order valence-corrected chi connectivity index (χ4v) is 3.11. The first-order chi connectivity index (χ1) is 10.2. The van der Waals surface area contributed by atoms with Crippen LogP contribution in [0.3, 0.4) is 0 Å². The molecule has 3 rings (SSSR count). The smallest absolute Gasteiger partial charge is 0.197 e. The summed E-state index contributed by atoms with van der Waals surface area (Å²) in [7, 11) is 0.388. The number of imidazole rings is 1. The number of aromatic nitrogens is 2. The van der Waals surface area contributed by atoms with Crippen LogP contribution in [0.4, 0.5) is 5.69 Å². The zero-order valence-electron chi connectivity index (χ0n) is 11.5. The van der Waals surface area contributed by atoms with Gasteiger partial charge in [0.1, 0.15) is 5.75 Å². The third kappa shape index (κ3) is 2.90. The van der Waals surface area contributed by atoms with Gasteiger partial charge in [-0.1, -0.05) is 12.1 Å². The highest BCUT2D eigenvalue weighted by molar-refractivity contribution is 7.84. The molecule has 1 atom stereocenters. The Bertz CT molecular complexity index is 796. The van der Waals surface area contributed by atoms with Gasteiger partial charge >= 0.3 is 0 Å². The maximum atomic E-state index is 12.4. The number of nitrogen functional groups attached to an aromatic ring is 1. The summed E-state index contributed by atoms with van der Waals surface area (Å²) in [5.74, 6) is 1.18. The van der Waals surface area contributed by atoms with Crippen molar-refractivity contribution in [3.8, 4) is 5.75 Å². The Labute approximate surface area is 124 Å². The van der Waals surface area contributed by atoms with Crippen LogP contribution >= 0.6 is 0 Å². The molecule has 1 unspecified atom stereocenters. The number of nitrogens with zero attached hydrogens (tertiary/aromatic N) is 1. The minimum atomic E-state index is -1.23. The molecule has 0 aliphatic rings. The summed E-state index contributed by atoms with van der Waals surface area (Å²) in [6.07, 6.45) is 0. The van der Waals surface area contributed by atoms with E-state index in [9.17, 15) is 4.21 Å². The van der Waals surface area contributed by atoms with Crippen LogP contribution < -0.4 is 10.5 Å². The lowest BCUT2D eigenvalue weighted by atomic mass is 10.2. The molecule has 2 aromatic carbocycles. The maximum Gasteiger partial charge on any atom is 0.197 e. The standard InChI is InChI=1S/C15H15N3O2S/c1-20-12-5-2-10(3-6-12)9-21(19)15-17-13-7-4-11(16)8-14(13)18-15/h2-8H,9,16H2,1H3,(H,17,18). The lowest BCUT2D eigenvalue weighted by molar-refractivity contribution is 0.414. The normalized spacial score (nSPS) is 12.4. The third-order valence-electron chi connectivity index (χ3n) is 3.16. The molecular weight excluding hydrogens is 286 g/mol. The zero-order valence-corrected chi connectivity index (χ0v) is 12.3. The molecule has 21 heavy (non-hydrogen) atoms. The molecule has 3 aromatic rings. The van der Waals surface area contributed by atoms with Gasteiger partial charge in [0.2, 0.25) is 0 Å². The molecule has 0 radical (unpaired) electrons. The van der Waals surface area contributed by atoms with Gasteiger partial charge < -0.3 is 15.5 Å². The van der Waals surface area contributed by atoms with Crippen LogP contribution in [0.15, 0.2) is 47.6 Å². The van der Waals surface area contributed by atoms with Gasteiger partial charge in [-0.3, -0.25) is 4.21 Å². The van der Waals surface area contributed by atoms with Gasteiger partial charge in [-0.05, 0) is 35.9 Å². The van der Waals surface area contributed by atoms with Crippen LogP contribution in [0, 0.1) is 0 Å². The number of rotatable bonds is 4. The highest BCUT2D eigenvalue weighted by Gasteiger charge is 2.11. The lowest BCUT2D eigenvalue weighted by Crippen LogP contribution is -1.98. The first-order valence-corrected chi connectivity index (χ1v) is 7.74. The molecule has 0 aliphatic carbocycles. The minimum absolute atomic E-state index is 0.402. The second-order valence-corrected chi connectivity index (χ2v) is 6.02. The number of ether oxygens (including phenoxy) is 1. The number of hydrogen-bond donors (Lipinski definition) is 2. The summed E-state index contributed by atoms with van der Waals surface area (Å²) < 4.78 is 17.5. The van der Waals surface area contributed by atoms with E-state index in [1.807, 2.05) is 30.3 Å². The fraction of sp³-hybridized carbons (Fsp3) is 0.133. The molecule has 0 saturated heterocycles. The number of H-pyrrole nitrogens is 1. The van der Waals surface area contributed by atoms with Gasteiger partial charge in [0.15, 0.2) is 5.16 Å². The van der Waals surface area contributed by atoms with E-state index < -0.39 is 10.8 Å². The van der Waals surface area contributed by atoms with Crippen LogP contribution in [0.2, 0.25) is 0 Å². The predicted octanol–water partition coefficient (Wildman–Crippen LogP) is 2.46. The van der Waals surface area contributed by atoms with Crippen molar-refractivity contribution in [2.45, 2.75) is 10.9 Å². The fourth-order valence-electron chi connectivity index (χ4n) is 2.05. The second kappa shape index (κ2) is 5.57. The summed E-state index contributed by atoms with van der Waals surface area (Å²) >= 11 is 0. The van der Waals surface area contributed by atoms with Crippen molar-refractivity contribution in [2.75, 3.05) is 12.8 Å². The summed E-state index contributed by atoms with van der Waals surface area (Å²) in [4.78, 5) is 7.41. The average Bonchev–Trinajstić information content (AvgIpc) is 2.91. The first kappa shape index (κ1) is 13.6. The largest absolute Gasteiger partial charge is 0.497 e. The van der Waals surface area contributed by atoms with Crippen LogP contribution in [0.25, 0.3) is 11.0 Å². The molecule has 0 bridgehead atoms. The van der Waals surface area contributed by atoms with Gasteiger partial charge in [-0.25, -0.2) is 4.98 Å². The maximum absolute atomic E-state index is 12.4. The van der Waals surface area contributed by atoms with Gasteiger partial charge in [0, 0.05) is 5.69 Å². The molecule has 0 spiro atoms. The zero-order chi connectivity index (χ0) is 14.8. The van der Waals surface area contributed by atoms with Crippen molar-refractivity contribution < 1.29 is 8.95 Å². The number of aromatic amines is 1. The molecule has 108 valence electrons. The molecule has 0 fully saturated rings. The Morgan fingerprint density at radius 1 is 1.24 bits per heavy atom. The van der Waals surface area contributed by atoms with Crippen molar-refractivity contribution in [3.05, 3.63) is 48.0 Å². The predicted molar refractivity (Wildman–Crippen MR) is 83.6 cm³/mol. The summed E-state index contributed by atoms with van der Waals surface area (Å²) in [5.41, 5.74) is 8.91. The molecule has 0 saturated carbocycles. The summed E-state index contributed by atoms with van der Waals surface area (Å²) in [6, 6.07) is 12.9. The number of nitrogens with two attached hydrogens (primary N) is 1. The Hall–Kier alpha value is -2.34. The van der Waals surface area contributed by atoms with E-state index in [-0.39, 0.29) is 0 Å². The Kier molecular flexibility index (Phi) is 3.62. The minimum Gasteiger partial charge on any atom is -0.497 e. The van der Waals surface area contributed by atoms with Gasteiger partial charge in [-0.2, -0.15) is 0 Å². The quantitative estimate of drug-likeness (QED) is 0.725. The van der Waals surface area contributed by atoms with Gasteiger partial charge in [0.05, 0.1) is 34.7 Å². The van der Waals surface area contributed by atoms with Crippen molar-refractivity contribution in [2.24, 2.45) is 0 Å². The molecular formula is C15H15N3O2S. The Morgan fingerprint density at radius 2 is 2.00 bits per heavy atom. The monoisotopic (exact) mass is 301 g/mol. The molecule has 1 aromatic heterocycles. The van der Waals surface area contributed by atoms with E-state index in [4.69, 9.17) is 10.5 Å². The number of nitrogens with one attached hydrogen (secondary N) is 1.